The summed E-state index contributed by atoms with van der Waals surface area (Å²) in [6.07, 6.45) is 0. The zero-order chi connectivity index (χ0) is 15.2. The van der Waals surface area contributed by atoms with Crippen molar-refractivity contribution < 1.29 is 14.6 Å². The van der Waals surface area contributed by atoms with Crippen molar-refractivity contribution in [3.8, 4) is 11.5 Å². The highest BCUT2D eigenvalue weighted by molar-refractivity contribution is 6.30. The Morgan fingerprint density at radius 2 is 1.76 bits per heavy atom. The normalized spacial score (nSPS) is 17.0. The summed E-state index contributed by atoms with van der Waals surface area (Å²) < 4.78 is 10.8. The third-order valence-corrected chi connectivity index (χ3v) is 4.01. The molecule has 0 spiro atoms. The van der Waals surface area contributed by atoms with Crippen LogP contribution in [0.25, 0.3) is 0 Å². The van der Waals surface area contributed by atoms with Gasteiger partial charge in [0.2, 0.25) is 0 Å². The Balaban J connectivity index is 2.05. The molecule has 0 atom stereocenters. The molecular formula is C15H23ClN2O3. The summed E-state index contributed by atoms with van der Waals surface area (Å²) in [4.78, 5) is 4.63. The lowest BCUT2D eigenvalue weighted by Crippen LogP contribution is -2.46. The number of benzene rings is 1. The van der Waals surface area contributed by atoms with Gasteiger partial charge in [0, 0.05) is 55.9 Å². The summed E-state index contributed by atoms with van der Waals surface area (Å²) in [6.45, 7) is 5.64. The van der Waals surface area contributed by atoms with Crippen LogP contribution in [0, 0.1) is 0 Å². The summed E-state index contributed by atoms with van der Waals surface area (Å²) in [5.74, 6) is 1.42. The van der Waals surface area contributed by atoms with Crippen molar-refractivity contribution in [2.45, 2.75) is 6.54 Å². The lowest BCUT2D eigenvalue weighted by Gasteiger charge is -2.34. The fourth-order valence-corrected chi connectivity index (χ4v) is 2.91. The van der Waals surface area contributed by atoms with Crippen molar-refractivity contribution in [1.29, 1.82) is 0 Å². The van der Waals surface area contributed by atoms with Crippen molar-refractivity contribution >= 4 is 11.6 Å². The first-order valence-corrected chi connectivity index (χ1v) is 7.51. The largest absolute Gasteiger partial charge is 0.493 e. The van der Waals surface area contributed by atoms with Crippen LogP contribution in [0.3, 0.4) is 0 Å². The van der Waals surface area contributed by atoms with Crippen LogP contribution in [0.5, 0.6) is 11.5 Å². The minimum Gasteiger partial charge on any atom is -0.493 e. The standard InChI is InChI=1S/C15H23ClN2O3/c1-20-14-10-13(16)9-12(15(14)21-2)11-18-5-3-17(4-6-18)7-8-19/h9-10,19H,3-8,11H2,1-2H3. The van der Waals surface area contributed by atoms with Crippen LogP contribution >= 0.6 is 11.6 Å². The Bertz CT molecular complexity index is 462. The molecule has 5 nitrogen and oxygen atoms in total. The van der Waals surface area contributed by atoms with Gasteiger partial charge in [0.15, 0.2) is 11.5 Å². The van der Waals surface area contributed by atoms with E-state index in [-0.39, 0.29) is 6.61 Å². The fourth-order valence-electron chi connectivity index (χ4n) is 2.68. The molecule has 1 saturated heterocycles. The Morgan fingerprint density at radius 3 is 2.33 bits per heavy atom. The number of halogens is 1. The van der Waals surface area contributed by atoms with E-state index in [4.69, 9.17) is 26.2 Å². The first kappa shape index (κ1) is 16.4. The van der Waals surface area contributed by atoms with E-state index < -0.39 is 0 Å². The number of aliphatic hydroxyl groups is 1. The lowest BCUT2D eigenvalue weighted by molar-refractivity contribution is 0.108. The van der Waals surface area contributed by atoms with Crippen LogP contribution < -0.4 is 9.47 Å². The summed E-state index contributed by atoms with van der Waals surface area (Å²) in [6, 6.07) is 3.70. The highest BCUT2D eigenvalue weighted by Gasteiger charge is 2.19. The van der Waals surface area contributed by atoms with E-state index >= 15 is 0 Å². The van der Waals surface area contributed by atoms with Gasteiger partial charge >= 0.3 is 0 Å². The maximum absolute atomic E-state index is 8.98. The molecule has 2 rings (SSSR count). The van der Waals surface area contributed by atoms with Gasteiger partial charge < -0.3 is 14.6 Å². The number of piperazine rings is 1. The van der Waals surface area contributed by atoms with Crippen LogP contribution in [-0.2, 0) is 6.54 Å². The van der Waals surface area contributed by atoms with E-state index in [1.165, 1.54) is 0 Å². The molecule has 0 bridgehead atoms. The number of ether oxygens (including phenoxy) is 2. The summed E-state index contributed by atoms with van der Waals surface area (Å²) >= 11 is 6.15. The van der Waals surface area contributed by atoms with Gasteiger partial charge in [-0.05, 0) is 6.07 Å². The van der Waals surface area contributed by atoms with Gasteiger partial charge in [-0.15, -0.1) is 0 Å². The summed E-state index contributed by atoms with van der Waals surface area (Å²) in [5.41, 5.74) is 1.04. The van der Waals surface area contributed by atoms with Crippen molar-refractivity contribution in [2.24, 2.45) is 0 Å². The zero-order valence-electron chi connectivity index (χ0n) is 12.6. The van der Waals surface area contributed by atoms with Gasteiger partial charge in [-0.25, -0.2) is 0 Å². The molecule has 1 aliphatic heterocycles. The first-order chi connectivity index (χ1) is 10.2. The number of hydrogen-bond acceptors (Lipinski definition) is 5. The molecule has 0 aliphatic carbocycles. The van der Waals surface area contributed by atoms with Crippen LogP contribution in [0.2, 0.25) is 5.02 Å². The number of aliphatic hydroxyl groups excluding tert-OH is 1. The molecule has 0 radical (unpaired) electrons. The molecule has 1 N–H and O–H groups in total. The predicted octanol–water partition coefficient (Wildman–Crippen LogP) is 1.47. The fraction of sp³-hybridized carbons (Fsp3) is 0.600. The van der Waals surface area contributed by atoms with Crippen molar-refractivity contribution in [1.82, 2.24) is 9.80 Å². The number of nitrogens with zero attached hydrogens (tertiary/aromatic N) is 2. The van der Waals surface area contributed by atoms with Crippen LogP contribution in [0.15, 0.2) is 12.1 Å². The van der Waals surface area contributed by atoms with E-state index in [9.17, 15) is 0 Å². The molecule has 1 aromatic carbocycles. The number of β-amino-alcohol motifs (C(OH)–C–C–N with tert-alkyl or cyclic N) is 1. The molecule has 1 aliphatic rings. The summed E-state index contributed by atoms with van der Waals surface area (Å²) in [5, 5.41) is 9.63. The van der Waals surface area contributed by atoms with Gasteiger partial charge in [0.25, 0.3) is 0 Å². The second-order valence-electron chi connectivity index (χ2n) is 5.14. The highest BCUT2D eigenvalue weighted by atomic mass is 35.5. The maximum Gasteiger partial charge on any atom is 0.165 e. The topological polar surface area (TPSA) is 45.2 Å². The van der Waals surface area contributed by atoms with Gasteiger partial charge in [-0.2, -0.15) is 0 Å². The average molecular weight is 315 g/mol. The molecule has 118 valence electrons. The van der Waals surface area contributed by atoms with E-state index in [1.54, 1.807) is 20.3 Å². The van der Waals surface area contributed by atoms with Crippen LogP contribution in [-0.4, -0.2) is 68.5 Å². The van der Waals surface area contributed by atoms with E-state index in [1.807, 2.05) is 6.07 Å². The third-order valence-electron chi connectivity index (χ3n) is 3.80. The van der Waals surface area contributed by atoms with Crippen LogP contribution in [0.4, 0.5) is 0 Å². The number of hydrogen-bond donors (Lipinski definition) is 1. The minimum absolute atomic E-state index is 0.222. The number of rotatable bonds is 6. The Morgan fingerprint density at radius 1 is 1.10 bits per heavy atom. The lowest BCUT2D eigenvalue weighted by atomic mass is 10.1. The van der Waals surface area contributed by atoms with Gasteiger partial charge in [0.05, 0.1) is 20.8 Å². The molecule has 1 fully saturated rings. The Hall–Kier alpha value is -1.01. The Kier molecular flexibility index (Phi) is 6.11. The zero-order valence-corrected chi connectivity index (χ0v) is 13.4. The third kappa shape index (κ3) is 4.23. The Labute approximate surface area is 131 Å². The van der Waals surface area contributed by atoms with Crippen molar-refractivity contribution in [2.75, 3.05) is 53.6 Å². The number of methoxy groups -OCH3 is 2. The first-order valence-electron chi connectivity index (χ1n) is 7.14. The molecule has 21 heavy (non-hydrogen) atoms. The van der Waals surface area contributed by atoms with E-state index in [0.29, 0.717) is 10.8 Å². The smallest absolute Gasteiger partial charge is 0.165 e. The molecule has 6 heteroatoms. The maximum atomic E-state index is 8.98. The molecular weight excluding hydrogens is 292 g/mol. The second kappa shape index (κ2) is 7.84. The molecule has 0 aromatic heterocycles. The van der Waals surface area contributed by atoms with Crippen molar-refractivity contribution in [3.63, 3.8) is 0 Å². The molecule has 0 unspecified atom stereocenters. The molecule has 0 saturated carbocycles. The minimum atomic E-state index is 0.222. The van der Waals surface area contributed by atoms with E-state index in [2.05, 4.69) is 9.80 Å². The quantitative estimate of drug-likeness (QED) is 0.861. The van der Waals surface area contributed by atoms with Crippen LogP contribution in [0.1, 0.15) is 5.56 Å². The predicted molar refractivity (Wildman–Crippen MR) is 83.4 cm³/mol. The van der Waals surface area contributed by atoms with Gasteiger partial charge in [-0.3, -0.25) is 9.80 Å². The highest BCUT2D eigenvalue weighted by Crippen LogP contribution is 2.35. The molecule has 0 amide bonds. The van der Waals surface area contributed by atoms with Crippen molar-refractivity contribution in [3.05, 3.63) is 22.7 Å². The summed E-state index contributed by atoms with van der Waals surface area (Å²) in [7, 11) is 3.26. The average Bonchev–Trinajstić information content (AvgIpc) is 2.49. The SMILES string of the molecule is COc1cc(Cl)cc(CN2CCN(CCO)CC2)c1OC. The monoisotopic (exact) mass is 314 g/mol. The van der Waals surface area contributed by atoms with E-state index in [0.717, 1.165) is 50.6 Å². The van der Waals surface area contributed by atoms with Gasteiger partial charge in [0.1, 0.15) is 0 Å². The van der Waals surface area contributed by atoms with Gasteiger partial charge in [-0.1, -0.05) is 11.6 Å². The molecule has 1 heterocycles. The second-order valence-corrected chi connectivity index (χ2v) is 5.58. The molecule has 1 aromatic rings.